The molecule has 4 N–H and O–H groups in total. The summed E-state index contributed by atoms with van der Waals surface area (Å²) in [6.45, 7) is 5.62. The van der Waals surface area contributed by atoms with Crippen molar-refractivity contribution >= 4 is 11.8 Å². The van der Waals surface area contributed by atoms with Crippen LogP contribution in [0.4, 0.5) is 0 Å². The Kier molecular flexibility index (Phi) is 6.79. The molecule has 0 aromatic heterocycles. The quantitative estimate of drug-likeness (QED) is 0.391. The molecular formula is C16H28N4O6. The van der Waals surface area contributed by atoms with E-state index in [1.54, 1.807) is 0 Å². The highest BCUT2D eigenvalue weighted by molar-refractivity contribution is 5.97. The summed E-state index contributed by atoms with van der Waals surface area (Å²) in [7, 11) is 0. The van der Waals surface area contributed by atoms with Crippen LogP contribution in [0.1, 0.15) is 0 Å². The predicted octanol–water partition coefficient (Wildman–Crippen LogP) is -3.64. The van der Waals surface area contributed by atoms with Gasteiger partial charge in [0, 0.05) is 38.3 Å². The second-order valence-corrected chi connectivity index (χ2v) is 6.88. The molecule has 2 amide bonds. The van der Waals surface area contributed by atoms with Gasteiger partial charge in [-0.2, -0.15) is 0 Å². The van der Waals surface area contributed by atoms with E-state index in [0.29, 0.717) is 19.2 Å². The fourth-order valence-corrected chi connectivity index (χ4v) is 3.63. The van der Waals surface area contributed by atoms with Gasteiger partial charge in [0.25, 0.3) is 0 Å². The SMILES string of the molecule is O=C1N[C@H](CO)C(=O)N2CCOCC12.OC[C@@H]1CN2CCOCC2CN1. The van der Waals surface area contributed by atoms with Gasteiger partial charge in [-0.25, -0.2) is 0 Å². The molecule has 4 heterocycles. The lowest BCUT2D eigenvalue weighted by Crippen LogP contribution is -2.67. The van der Waals surface area contributed by atoms with Crippen molar-refractivity contribution in [3.8, 4) is 0 Å². The van der Waals surface area contributed by atoms with Gasteiger partial charge in [0.1, 0.15) is 12.1 Å². The molecule has 2 unspecified atom stereocenters. The Morgan fingerprint density at radius 3 is 2.62 bits per heavy atom. The zero-order valence-electron chi connectivity index (χ0n) is 14.8. The first-order chi connectivity index (χ1) is 12.6. The molecule has 0 radical (unpaired) electrons. The normalized spacial score (nSPS) is 34.9. The molecule has 0 bridgehead atoms. The largest absolute Gasteiger partial charge is 0.395 e. The highest BCUT2D eigenvalue weighted by Gasteiger charge is 2.41. The Balaban J connectivity index is 0.000000152. The number of carbonyl (C=O) groups is 2. The standard InChI is InChI=1S/C8H12N2O4.C8H16N2O2/c11-3-5-8(13)10-1-2-14-4-6(10)7(12)9-5;11-5-7-4-10-1-2-12-6-8(10)3-9-7/h5-6,11H,1-4H2,(H,9,12);7-9,11H,1-6H2/t5-,6?;7-,8?/m10/s1. The molecule has 10 nitrogen and oxygen atoms in total. The van der Waals surface area contributed by atoms with Crippen molar-refractivity contribution < 1.29 is 29.3 Å². The third-order valence-electron chi connectivity index (χ3n) is 5.18. The molecular weight excluding hydrogens is 344 g/mol. The Bertz CT molecular complexity index is 507. The highest BCUT2D eigenvalue weighted by Crippen LogP contribution is 2.14. The molecule has 4 aliphatic heterocycles. The number of piperazine rings is 2. The van der Waals surface area contributed by atoms with E-state index in [4.69, 9.17) is 19.7 Å². The smallest absolute Gasteiger partial charge is 0.248 e. The van der Waals surface area contributed by atoms with Crippen molar-refractivity contribution in [2.45, 2.75) is 24.2 Å². The van der Waals surface area contributed by atoms with Crippen molar-refractivity contribution in [3.05, 3.63) is 0 Å². The van der Waals surface area contributed by atoms with E-state index >= 15 is 0 Å². The minimum absolute atomic E-state index is 0.222. The Morgan fingerprint density at radius 1 is 1.08 bits per heavy atom. The fraction of sp³-hybridized carbons (Fsp3) is 0.875. The van der Waals surface area contributed by atoms with Crippen LogP contribution >= 0.6 is 0 Å². The molecule has 148 valence electrons. The number of hydrogen-bond acceptors (Lipinski definition) is 8. The minimum Gasteiger partial charge on any atom is -0.395 e. The van der Waals surface area contributed by atoms with Crippen LogP contribution in [0.2, 0.25) is 0 Å². The number of hydrogen-bond donors (Lipinski definition) is 4. The van der Waals surface area contributed by atoms with Crippen LogP contribution in [-0.2, 0) is 19.1 Å². The van der Waals surface area contributed by atoms with Crippen molar-refractivity contribution in [2.75, 3.05) is 65.8 Å². The van der Waals surface area contributed by atoms with Gasteiger partial charge in [-0.1, -0.05) is 0 Å². The van der Waals surface area contributed by atoms with Crippen molar-refractivity contribution in [1.29, 1.82) is 0 Å². The van der Waals surface area contributed by atoms with E-state index in [-0.39, 0.29) is 37.7 Å². The van der Waals surface area contributed by atoms with Gasteiger partial charge in [0.15, 0.2) is 0 Å². The lowest BCUT2D eigenvalue weighted by molar-refractivity contribution is -0.158. The maximum absolute atomic E-state index is 11.6. The number of nitrogens with one attached hydrogen (secondary N) is 2. The monoisotopic (exact) mass is 372 g/mol. The maximum atomic E-state index is 11.6. The van der Waals surface area contributed by atoms with Gasteiger partial charge in [0.05, 0.1) is 39.6 Å². The summed E-state index contributed by atoms with van der Waals surface area (Å²) in [4.78, 5) is 27.0. The number of carbonyl (C=O) groups excluding carboxylic acids is 2. The molecule has 0 aromatic rings. The summed E-state index contributed by atoms with van der Waals surface area (Å²) in [5.41, 5.74) is 0. The van der Waals surface area contributed by atoms with E-state index in [9.17, 15) is 9.59 Å². The lowest BCUT2D eigenvalue weighted by atomic mass is 10.1. The van der Waals surface area contributed by atoms with E-state index in [0.717, 1.165) is 32.8 Å². The second-order valence-electron chi connectivity index (χ2n) is 6.88. The Hall–Kier alpha value is -1.30. The van der Waals surface area contributed by atoms with Crippen LogP contribution in [-0.4, -0.2) is 122 Å². The van der Waals surface area contributed by atoms with Crippen molar-refractivity contribution in [3.63, 3.8) is 0 Å². The molecule has 0 aromatic carbocycles. The van der Waals surface area contributed by atoms with E-state index in [1.165, 1.54) is 4.90 Å². The first kappa shape index (κ1) is 19.5. The second kappa shape index (κ2) is 9.07. The van der Waals surface area contributed by atoms with Crippen molar-refractivity contribution in [1.82, 2.24) is 20.4 Å². The number of nitrogens with zero attached hydrogens (tertiary/aromatic N) is 2. The van der Waals surface area contributed by atoms with Gasteiger partial charge in [-0.15, -0.1) is 0 Å². The van der Waals surface area contributed by atoms with Gasteiger partial charge in [-0.3, -0.25) is 14.5 Å². The predicted molar refractivity (Wildman–Crippen MR) is 90.4 cm³/mol. The molecule has 4 aliphatic rings. The zero-order chi connectivity index (χ0) is 18.5. The molecule has 0 aliphatic carbocycles. The van der Waals surface area contributed by atoms with Gasteiger partial charge in [0.2, 0.25) is 11.8 Å². The summed E-state index contributed by atoms with van der Waals surface area (Å²) in [5, 5.41) is 23.6. The summed E-state index contributed by atoms with van der Waals surface area (Å²) in [6, 6.07) is -0.503. The first-order valence-corrected chi connectivity index (χ1v) is 9.09. The number of amides is 2. The van der Waals surface area contributed by atoms with Crippen LogP contribution in [0, 0.1) is 0 Å². The Labute approximate surface area is 152 Å². The molecule has 0 spiro atoms. The summed E-state index contributed by atoms with van der Waals surface area (Å²) in [5.74, 6) is -0.469. The molecule has 4 fully saturated rings. The Morgan fingerprint density at radius 2 is 1.85 bits per heavy atom. The van der Waals surface area contributed by atoms with E-state index in [1.807, 2.05) is 0 Å². The number of rotatable bonds is 2. The first-order valence-electron chi connectivity index (χ1n) is 9.09. The highest BCUT2D eigenvalue weighted by atomic mass is 16.5. The maximum Gasteiger partial charge on any atom is 0.248 e. The number of ether oxygens (including phenoxy) is 2. The lowest BCUT2D eigenvalue weighted by Gasteiger charge is -2.42. The zero-order valence-corrected chi connectivity index (χ0v) is 14.8. The summed E-state index contributed by atoms with van der Waals surface area (Å²) in [6.07, 6.45) is 0. The average Bonchev–Trinajstić information content (AvgIpc) is 2.70. The molecule has 0 saturated carbocycles. The average molecular weight is 372 g/mol. The molecule has 4 rings (SSSR count). The van der Waals surface area contributed by atoms with E-state index in [2.05, 4.69) is 15.5 Å². The van der Waals surface area contributed by atoms with Crippen LogP contribution in [0.15, 0.2) is 0 Å². The summed E-state index contributed by atoms with van der Waals surface area (Å²) < 4.78 is 10.5. The number of aliphatic hydroxyl groups excluding tert-OH is 2. The van der Waals surface area contributed by atoms with Gasteiger partial charge < -0.3 is 35.2 Å². The van der Waals surface area contributed by atoms with Crippen LogP contribution < -0.4 is 10.6 Å². The number of morpholine rings is 2. The van der Waals surface area contributed by atoms with E-state index < -0.39 is 12.1 Å². The van der Waals surface area contributed by atoms with Crippen LogP contribution in [0.25, 0.3) is 0 Å². The summed E-state index contributed by atoms with van der Waals surface area (Å²) >= 11 is 0. The molecule has 26 heavy (non-hydrogen) atoms. The topological polar surface area (TPSA) is 124 Å². The van der Waals surface area contributed by atoms with Crippen LogP contribution in [0.5, 0.6) is 0 Å². The number of aliphatic hydroxyl groups is 2. The van der Waals surface area contributed by atoms with Crippen LogP contribution in [0.3, 0.4) is 0 Å². The van der Waals surface area contributed by atoms with Gasteiger partial charge >= 0.3 is 0 Å². The fourth-order valence-electron chi connectivity index (χ4n) is 3.63. The van der Waals surface area contributed by atoms with Crippen molar-refractivity contribution in [2.24, 2.45) is 0 Å². The molecule has 4 atom stereocenters. The third-order valence-corrected chi connectivity index (χ3v) is 5.18. The molecule has 4 saturated heterocycles. The molecule has 10 heteroatoms. The number of fused-ring (bicyclic) bond motifs is 2. The minimum atomic E-state index is -0.781. The third kappa shape index (κ3) is 4.33. The van der Waals surface area contributed by atoms with Gasteiger partial charge in [-0.05, 0) is 0 Å².